The molecule has 1 aliphatic heterocycles. The first-order chi connectivity index (χ1) is 11.8. The third-order valence-electron chi connectivity index (χ3n) is 4.15. The van der Waals surface area contributed by atoms with E-state index in [1.165, 1.54) is 17.7 Å². The molecule has 2 N–H and O–H groups in total. The standard InChI is InChI=1S/C18H30N4OS/c1-4-17-14-22(10-12-24-17)18(19-2)21-13-15-5-7-16(8-6-15)20-9-11-23-3/h5-8,17,20H,4,9-14H2,1-3H3,(H,19,21). The van der Waals surface area contributed by atoms with Crippen LogP contribution in [0, 0.1) is 0 Å². The minimum absolute atomic E-state index is 0.715. The normalized spacial score (nSPS) is 18.5. The number of ether oxygens (including phenoxy) is 1. The number of aliphatic imine (C=N–C) groups is 1. The molecular weight excluding hydrogens is 320 g/mol. The summed E-state index contributed by atoms with van der Waals surface area (Å²) in [6.45, 7) is 6.76. The van der Waals surface area contributed by atoms with Crippen LogP contribution in [0.25, 0.3) is 0 Å². The quantitative estimate of drug-likeness (QED) is 0.450. The van der Waals surface area contributed by atoms with Crippen LogP contribution in [0.3, 0.4) is 0 Å². The first kappa shape index (κ1) is 18.9. The van der Waals surface area contributed by atoms with Gasteiger partial charge in [0.25, 0.3) is 0 Å². The summed E-state index contributed by atoms with van der Waals surface area (Å²) in [7, 11) is 3.58. The van der Waals surface area contributed by atoms with E-state index in [-0.39, 0.29) is 0 Å². The van der Waals surface area contributed by atoms with Crippen LogP contribution in [0.4, 0.5) is 5.69 Å². The van der Waals surface area contributed by atoms with Gasteiger partial charge in [-0.25, -0.2) is 0 Å². The fourth-order valence-electron chi connectivity index (χ4n) is 2.71. The fourth-order valence-corrected chi connectivity index (χ4v) is 3.89. The van der Waals surface area contributed by atoms with E-state index in [1.54, 1.807) is 7.11 Å². The van der Waals surface area contributed by atoms with Crippen molar-refractivity contribution in [1.82, 2.24) is 10.2 Å². The number of hydrogen-bond donors (Lipinski definition) is 2. The molecule has 0 aliphatic carbocycles. The number of rotatable bonds is 7. The highest BCUT2D eigenvalue weighted by Gasteiger charge is 2.21. The summed E-state index contributed by atoms with van der Waals surface area (Å²) in [6.07, 6.45) is 1.22. The van der Waals surface area contributed by atoms with Crippen molar-refractivity contribution in [3.63, 3.8) is 0 Å². The lowest BCUT2D eigenvalue weighted by Gasteiger charge is -2.34. The molecule has 0 bridgehead atoms. The van der Waals surface area contributed by atoms with Crippen LogP contribution < -0.4 is 10.6 Å². The van der Waals surface area contributed by atoms with E-state index in [0.29, 0.717) is 6.61 Å². The first-order valence-electron chi connectivity index (χ1n) is 8.65. The Morgan fingerprint density at radius 1 is 1.38 bits per heavy atom. The van der Waals surface area contributed by atoms with Gasteiger partial charge in [0.1, 0.15) is 0 Å². The smallest absolute Gasteiger partial charge is 0.193 e. The van der Waals surface area contributed by atoms with Gasteiger partial charge in [0.15, 0.2) is 5.96 Å². The van der Waals surface area contributed by atoms with Gasteiger partial charge in [-0.2, -0.15) is 11.8 Å². The Morgan fingerprint density at radius 2 is 2.17 bits per heavy atom. The largest absolute Gasteiger partial charge is 0.383 e. The van der Waals surface area contributed by atoms with Crippen LogP contribution >= 0.6 is 11.8 Å². The highest BCUT2D eigenvalue weighted by molar-refractivity contribution is 8.00. The Morgan fingerprint density at radius 3 is 2.83 bits per heavy atom. The SMILES string of the molecule is CCC1CN(C(=NC)NCc2ccc(NCCOC)cc2)CCS1. The summed E-state index contributed by atoms with van der Waals surface area (Å²) in [5, 5.41) is 7.55. The number of guanidine groups is 1. The Bertz CT molecular complexity index is 506. The number of methoxy groups -OCH3 is 1. The molecule has 1 fully saturated rings. The van der Waals surface area contributed by atoms with E-state index < -0.39 is 0 Å². The minimum atomic E-state index is 0.715. The van der Waals surface area contributed by atoms with Gasteiger partial charge < -0.3 is 20.3 Å². The first-order valence-corrected chi connectivity index (χ1v) is 9.70. The fraction of sp³-hybridized carbons (Fsp3) is 0.611. The van der Waals surface area contributed by atoms with E-state index in [0.717, 1.165) is 43.1 Å². The molecule has 2 rings (SSSR count). The molecule has 0 amide bonds. The maximum atomic E-state index is 5.05. The molecule has 0 radical (unpaired) electrons. The lowest BCUT2D eigenvalue weighted by Crippen LogP contribution is -2.47. The number of benzene rings is 1. The van der Waals surface area contributed by atoms with Gasteiger partial charge in [-0.15, -0.1) is 0 Å². The van der Waals surface area contributed by atoms with E-state index >= 15 is 0 Å². The van der Waals surface area contributed by atoms with Gasteiger partial charge in [-0.3, -0.25) is 4.99 Å². The zero-order chi connectivity index (χ0) is 17.2. The molecule has 0 saturated carbocycles. The highest BCUT2D eigenvalue weighted by Crippen LogP contribution is 2.21. The Hall–Kier alpha value is -1.40. The van der Waals surface area contributed by atoms with Crippen LogP contribution in [0.1, 0.15) is 18.9 Å². The van der Waals surface area contributed by atoms with E-state index in [9.17, 15) is 0 Å². The molecule has 6 heteroatoms. The molecule has 5 nitrogen and oxygen atoms in total. The maximum absolute atomic E-state index is 5.05. The van der Waals surface area contributed by atoms with Crippen LogP contribution in [0.15, 0.2) is 29.3 Å². The summed E-state index contributed by atoms with van der Waals surface area (Å²) >= 11 is 2.08. The van der Waals surface area contributed by atoms with Crippen LogP contribution in [-0.4, -0.2) is 62.3 Å². The van der Waals surface area contributed by atoms with Crippen molar-refractivity contribution in [2.45, 2.75) is 25.1 Å². The van der Waals surface area contributed by atoms with Crippen LogP contribution in [0.5, 0.6) is 0 Å². The van der Waals surface area contributed by atoms with Gasteiger partial charge in [0, 0.05) is 57.0 Å². The molecule has 1 unspecified atom stereocenters. The van der Waals surface area contributed by atoms with Crippen molar-refractivity contribution in [2.75, 3.05) is 51.5 Å². The number of thioether (sulfide) groups is 1. The molecule has 1 aromatic carbocycles. The van der Waals surface area contributed by atoms with E-state index in [2.05, 4.69) is 63.5 Å². The maximum Gasteiger partial charge on any atom is 0.193 e. The molecule has 0 aromatic heterocycles. The molecule has 0 spiro atoms. The van der Waals surface area contributed by atoms with Gasteiger partial charge >= 0.3 is 0 Å². The summed E-state index contributed by atoms with van der Waals surface area (Å²) in [6, 6.07) is 8.52. The van der Waals surface area contributed by atoms with Crippen molar-refractivity contribution >= 4 is 23.4 Å². The van der Waals surface area contributed by atoms with Crippen molar-refractivity contribution in [1.29, 1.82) is 0 Å². The highest BCUT2D eigenvalue weighted by atomic mass is 32.2. The summed E-state index contributed by atoms with van der Waals surface area (Å²) < 4.78 is 5.05. The predicted molar refractivity (Wildman–Crippen MR) is 105 cm³/mol. The predicted octanol–water partition coefficient (Wildman–Crippen LogP) is 2.65. The van der Waals surface area contributed by atoms with E-state index in [4.69, 9.17) is 4.74 Å². The number of hydrogen-bond acceptors (Lipinski definition) is 4. The van der Waals surface area contributed by atoms with Crippen molar-refractivity contribution in [3.05, 3.63) is 29.8 Å². The van der Waals surface area contributed by atoms with Crippen molar-refractivity contribution in [2.24, 2.45) is 4.99 Å². The Balaban J connectivity index is 1.82. The van der Waals surface area contributed by atoms with Crippen molar-refractivity contribution in [3.8, 4) is 0 Å². The zero-order valence-corrected chi connectivity index (χ0v) is 15.9. The second-order valence-electron chi connectivity index (χ2n) is 5.86. The van der Waals surface area contributed by atoms with Crippen LogP contribution in [-0.2, 0) is 11.3 Å². The topological polar surface area (TPSA) is 48.9 Å². The number of nitrogens with zero attached hydrogens (tertiary/aromatic N) is 2. The Kier molecular flexibility index (Phi) is 8.25. The third kappa shape index (κ3) is 5.91. The molecule has 24 heavy (non-hydrogen) atoms. The minimum Gasteiger partial charge on any atom is -0.383 e. The number of anilines is 1. The third-order valence-corrected chi connectivity index (χ3v) is 5.52. The lowest BCUT2D eigenvalue weighted by molar-refractivity contribution is 0.211. The molecule has 134 valence electrons. The van der Waals surface area contributed by atoms with Crippen LogP contribution in [0.2, 0.25) is 0 Å². The van der Waals surface area contributed by atoms with E-state index in [1.807, 2.05) is 7.05 Å². The molecular formula is C18H30N4OS. The number of nitrogens with one attached hydrogen (secondary N) is 2. The molecule has 1 atom stereocenters. The van der Waals surface area contributed by atoms with Gasteiger partial charge in [-0.05, 0) is 24.1 Å². The summed E-state index contributed by atoms with van der Waals surface area (Å²) in [5.41, 5.74) is 2.38. The van der Waals surface area contributed by atoms with Gasteiger partial charge in [0.2, 0.25) is 0 Å². The monoisotopic (exact) mass is 350 g/mol. The second kappa shape index (κ2) is 10.5. The molecule has 1 aliphatic rings. The summed E-state index contributed by atoms with van der Waals surface area (Å²) in [4.78, 5) is 6.84. The summed E-state index contributed by atoms with van der Waals surface area (Å²) in [5.74, 6) is 2.19. The van der Waals surface area contributed by atoms with Gasteiger partial charge in [-0.1, -0.05) is 19.1 Å². The average molecular weight is 351 g/mol. The van der Waals surface area contributed by atoms with Crippen molar-refractivity contribution < 1.29 is 4.74 Å². The molecule has 1 heterocycles. The average Bonchev–Trinajstić information content (AvgIpc) is 2.64. The second-order valence-corrected chi connectivity index (χ2v) is 7.27. The molecule has 1 saturated heterocycles. The van der Waals surface area contributed by atoms with Gasteiger partial charge in [0.05, 0.1) is 6.61 Å². The molecule has 1 aromatic rings. The zero-order valence-electron chi connectivity index (χ0n) is 15.0. The lowest BCUT2D eigenvalue weighted by atomic mass is 10.2. The Labute approximate surface area is 150 Å².